The van der Waals surface area contributed by atoms with Crippen molar-refractivity contribution in [1.29, 1.82) is 0 Å². The van der Waals surface area contributed by atoms with E-state index in [4.69, 9.17) is 4.74 Å². The largest absolute Gasteiger partial charge is 0.376 e. The number of likely N-dealkylation sites (N-methyl/N-ethyl adjacent to an activating group) is 1. The maximum absolute atomic E-state index is 12.1. The Balaban J connectivity index is 2.17. The molecule has 1 aromatic rings. The van der Waals surface area contributed by atoms with Crippen LogP contribution in [-0.2, 0) is 4.74 Å². The fraction of sp³-hybridized carbons (Fsp3) is 0.500. The molecule has 1 N–H and O–H groups in total. The van der Waals surface area contributed by atoms with E-state index in [1.54, 1.807) is 24.1 Å². The van der Waals surface area contributed by atoms with Crippen molar-refractivity contribution in [2.24, 2.45) is 0 Å². The molecular weight excluding hydrogens is 220 g/mol. The molecule has 1 amide bonds. The average molecular weight is 236 g/mol. The molecule has 0 aliphatic carbocycles. The lowest BCUT2D eigenvalue weighted by Gasteiger charge is -2.26. The molecule has 1 aliphatic rings. The Bertz CT molecular complexity index is 469. The number of amides is 1. The number of aromatic amines is 1. The number of pyridine rings is 1. The standard InChI is InChI=1S/C12H16N2O3/c1-8-10(6-7-17-8)14(2)12(16)9-4-3-5-11(15)13-9/h3-5,8,10H,6-7H2,1-2H3,(H,13,15). The Morgan fingerprint density at radius 1 is 1.53 bits per heavy atom. The quantitative estimate of drug-likeness (QED) is 0.819. The zero-order valence-corrected chi connectivity index (χ0v) is 9.97. The number of H-pyrrole nitrogens is 1. The molecule has 1 aliphatic heterocycles. The van der Waals surface area contributed by atoms with Gasteiger partial charge in [0, 0.05) is 19.7 Å². The highest BCUT2D eigenvalue weighted by atomic mass is 16.5. The second-order valence-electron chi connectivity index (χ2n) is 4.28. The van der Waals surface area contributed by atoms with Gasteiger partial charge in [-0.15, -0.1) is 0 Å². The van der Waals surface area contributed by atoms with Crippen LogP contribution in [0.15, 0.2) is 23.0 Å². The van der Waals surface area contributed by atoms with Crippen molar-refractivity contribution in [2.75, 3.05) is 13.7 Å². The van der Waals surface area contributed by atoms with Gasteiger partial charge in [0.05, 0.1) is 12.1 Å². The van der Waals surface area contributed by atoms with E-state index in [-0.39, 0.29) is 23.6 Å². The fourth-order valence-electron chi connectivity index (χ4n) is 2.14. The van der Waals surface area contributed by atoms with E-state index in [0.29, 0.717) is 12.3 Å². The van der Waals surface area contributed by atoms with Crippen LogP contribution in [0.4, 0.5) is 0 Å². The van der Waals surface area contributed by atoms with Crippen LogP contribution >= 0.6 is 0 Å². The van der Waals surface area contributed by atoms with Crippen LogP contribution in [0.25, 0.3) is 0 Å². The van der Waals surface area contributed by atoms with Crippen LogP contribution in [0.5, 0.6) is 0 Å². The highest BCUT2D eigenvalue weighted by Crippen LogP contribution is 2.19. The summed E-state index contributed by atoms with van der Waals surface area (Å²) in [5.41, 5.74) is 0.0547. The molecule has 0 saturated carbocycles. The second kappa shape index (κ2) is 4.71. The van der Waals surface area contributed by atoms with Crippen LogP contribution in [0, 0.1) is 0 Å². The number of hydrogen-bond acceptors (Lipinski definition) is 3. The van der Waals surface area contributed by atoms with Gasteiger partial charge in [0.2, 0.25) is 5.56 Å². The number of nitrogens with one attached hydrogen (secondary N) is 1. The van der Waals surface area contributed by atoms with Crippen LogP contribution in [0.1, 0.15) is 23.8 Å². The van der Waals surface area contributed by atoms with Crippen molar-refractivity contribution in [3.63, 3.8) is 0 Å². The Morgan fingerprint density at radius 2 is 2.29 bits per heavy atom. The average Bonchev–Trinajstić information content (AvgIpc) is 2.73. The van der Waals surface area contributed by atoms with E-state index >= 15 is 0 Å². The van der Waals surface area contributed by atoms with E-state index < -0.39 is 0 Å². The first kappa shape index (κ1) is 11.9. The van der Waals surface area contributed by atoms with Gasteiger partial charge in [-0.25, -0.2) is 0 Å². The molecule has 1 saturated heterocycles. The van der Waals surface area contributed by atoms with E-state index in [1.807, 2.05) is 6.92 Å². The second-order valence-corrected chi connectivity index (χ2v) is 4.28. The van der Waals surface area contributed by atoms with E-state index in [0.717, 1.165) is 6.42 Å². The maximum Gasteiger partial charge on any atom is 0.270 e. The number of rotatable bonds is 2. The number of carbonyl (C=O) groups excluding carboxylic acids is 1. The molecule has 1 aromatic heterocycles. The van der Waals surface area contributed by atoms with Gasteiger partial charge in [-0.3, -0.25) is 9.59 Å². The molecule has 0 aromatic carbocycles. The molecule has 92 valence electrons. The summed E-state index contributed by atoms with van der Waals surface area (Å²) >= 11 is 0. The first-order chi connectivity index (χ1) is 8.09. The number of nitrogens with zero attached hydrogens (tertiary/aromatic N) is 1. The van der Waals surface area contributed by atoms with Crippen molar-refractivity contribution < 1.29 is 9.53 Å². The summed E-state index contributed by atoms with van der Waals surface area (Å²) in [7, 11) is 1.74. The number of hydrogen-bond donors (Lipinski definition) is 1. The third-order valence-electron chi connectivity index (χ3n) is 3.15. The molecule has 1 fully saturated rings. The lowest BCUT2D eigenvalue weighted by Crippen LogP contribution is -2.41. The molecular formula is C12H16N2O3. The Morgan fingerprint density at radius 3 is 2.88 bits per heavy atom. The lowest BCUT2D eigenvalue weighted by molar-refractivity contribution is 0.0569. The SMILES string of the molecule is CC1OCCC1N(C)C(=O)c1cccc(=O)[nH]1. The molecule has 0 spiro atoms. The molecule has 5 heteroatoms. The first-order valence-electron chi connectivity index (χ1n) is 5.67. The number of aromatic nitrogens is 1. The smallest absolute Gasteiger partial charge is 0.270 e. The van der Waals surface area contributed by atoms with Crippen molar-refractivity contribution in [2.45, 2.75) is 25.5 Å². The molecule has 2 rings (SSSR count). The van der Waals surface area contributed by atoms with Crippen LogP contribution < -0.4 is 5.56 Å². The van der Waals surface area contributed by atoms with Gasteiger partial charge in [0.1, 0.15) is 5.69 Å². The fourth-order valence-corrected chi connectivity index (χ4v) is 2.14. The number of carbonyl (C=O) groups is 1. The van der Waals surface area contributed by atoms with Crippen molar-refractivity contribution in [3.8, 4) is 0 Å². The molecule has 2 heterocycles. The molecule has 5 nitrogen and oxygen atoms in total. The van der Waals surface area contributed by atoms with Gasteiger partial charge in [-0.2, -0.15) is 0 Å². The Labute approximate surface area is 99.4 Å². The van der Waals surface area contributed by atoms with E-state index in [1.165, 1.54) is 6.07 Å². The maximum atomic E-state index is 12.1. The van der Waals surface area contributed by atoms with Crippen LogP contribution in [-0.4, -0.2) is 41.6 Å². The predicted molar refractivity (Wildman–Crippen MR) is 63.0 cm³/mol. The zero-order chi connectivity index (χ0) is 12.4. The highest BCUT2D eigenvalue weighted by Gasteiger charge is 2.31. The molecule has 17 heavy (non-hydrogen) atoms. The summed E-state index contributed by atoms with van der Waals surface area (Å²) in [5, 5.41) is 0. The topological polar surface area (TPSA) is 62.4 Å². The predicted octanol–water partition coefficient (Wildman–Crippen LogP) is 0.624. The third-order valence-corrected chi connectivity index (χ3v) is 3.15. The normalized spacial score (nSPS) is 23.6. The van der Waals surface area contributed by atoms with Crippen LogP contribution in [0.2, 0.25) is 0 Å². The summed E-state index contributed by atoms with van der Waals surface area (Å²) in [5.74, 6) is -0.176. The molecule has 2 unspecified atom stereocenters. The monoisotopic (exact) mass is 236 g/mol. The van der Waals surface area contributed by atoms with Crippen molar-refractivity contribution in [1.82, 2.24) is 9.88 Å². The van der Waals surface area contributed by atoms with Gasteiger partial charge >= 0.3 is 0 Å². The van der Waals surface area contributed by atoms with Gasteiger partial charge in [0.25, 0.3) is 5.91 Å². The Kier molecular flexibility index (Phi) is 3.28. The number of ether oxygens (including phenoxy) is 1. The van der Waals surface area contributed by atoms with Gasteiger partial charge < -0.3 is 14.6 Å². The van der Waals surface area contributed by atoms with Gasteiger partial charge in [-0.1, -0.05) is 6.07 Å². The summed E-state index contributed by atoms with van der Waals surface area (Å²) in [6.07, 6.45) is 0.875. The van der Waals surface area contributed by atoms with Gasteiger partial charge in [0.15, 0.2) is 0 Å². The summed E-state index contributed by atoms with van der Waals surface area (Å²) in [4.78, 5) is 27.5. The Hall–Kier alpha value is -1.62. The first-order valence-corrected chi connectivity index (χ1v) is 5.67. The summed E-state index contributed by atoms with van der Waals surface area (Å²) in [6, 6.07) is 4.65. The summed E-state index contributed by atoms with van der Waals surface area (Å²) in [6.45, 7) is 2.63. The third kappa shape index (κ3) is 2.39. The molecule has 0 radical (unpaired) electrons. The zero-order valence-electron chi connectivity index (χ0n) is 9.97. The lowest BCUT2D eigenvalue weighted by atomic mass is 10.1. The van der Waals surface area contributed by atoms with E-state index in [2.05, 4.69) is 4.98 Å². The summed E-state index contributed by atoms with van der Waals surface area (Å²) < 4.78 is 5.43. The molecule has 2 atom stereocenters. The van der Waals surface area contributed by atoms with Crippen molar-refractivity contribution in [3.05, 3.63) is 34.2 Å². The molecule has 0 bridgehead atoms. The highest BCUT2D eigenvalue weighted by molar-refractivity contribution is 5.92. The van der Waals surface area contributed by atoms with Gasteiger partial charge in [-0.05, 0) is 19.4 Å². The minimum absolute atomic E-state index is 0.0411. The van der Waals surface area contributed by atoms with Crippen molar-refractivity contribution >= 4 is 5.91 Å². The van der Waals surface area contributed by atoms with Crippen LogP contribution in [0.3, 0.4) is 0 Å². The minimum Gasteiger partial charge on any atom is -0.376 e. The van der Waals surface area contributed by atoms with E-state index in [9.17, 15) is 9.59 Å². The minimum atomic E-state index is -0.264.